The van der Waals surface area contributed by atoms with E-state index in [4.69, 9.17) is 0 Å². The van der Waals surface area contributed by atoms with Crippen molar-refractivity contribution in [3.63, 3.8) is 0 Å². The highest BCUT2D eigenvalue weighted by Gasteiger charge is 2.31. The van der Waals surface area contributed by atoms with Crippen molar-refractivity contribution in [1.29, 1.82) is 0 Å². The van der Waals surface area contributed by atoms with Gasteiger partial charge in [-0.1, -0.05) is 12.1 Å². The number of nitrogens with one attached hydrogen (secondary N) is 2. The monoisotopic (exact) mass is 405 g/mol. The van der Waals surface area contributed by atoms with E-state index in [1.165, 1.54) is 0 Å². The van der Waals surface area contributed by atoms with Crippen molar-refractivity contribution in [3.8, 4) is 0 Å². The third-order valence-electron chi connectivity index (χ3n) is 5.27. The number of carbonyl (C=O) groups excluding carboxylic acids is 1. The fourth-order valence-electron chi connectivity index (χ4n) is 3.84. The molecule has 152 valence electrons. The number of amides is 1. The summed E-state index contributed by atoms with van der Waals surface area (Å²) in [4.78, 5) is 13.4. The molecule has 1 aliphatic rings. The van der Waals surface area contributed by atoms with Gasteiger partial charge >= 0.3 is 0 Å². The van der Waals surface area contributed by atoms with E-state index < -0.39 is 9.84 Å². The number of hydrogen-bond acceptors (Lipinski definition) is 4. The molecule has 1 aromatic heterocycles. The second kappa shape index (κ2) is 8.05. The Hall–Kier alpha value is -2.19. The molecule has 1 saturated heterocycles. The fraction of sp³-hybridized carbons (Fsp3) is 0.500. The lowest BCUT2D eigenvalue weighted by Gasteiger charge is -2.15. The largest absolute Gasteiger partial charge is 0.326 e. The average molecular weight is 406 g/mol. The van der Waals surface area contributed by atoms with Gasteiger partial charge in [-0.3, -0.25) is 9.48 Å². The summed E-state index contributed by atoms with van der Waals surface area (Å²) >= 11 is 0. The molecule has 2 heterocycles. The van der Waals surface area contributed by atoms with Crippen LogP contribution in [0, 0.1) is 20.8 Å². The maximum atomic E-state index is 12.4. The number of nitrogens with zero attached hydrogens (tertiary/aromatic N) is 2. The Morgan fingerprint density at radius 1 is 1.32 bits per heavy atom. The van der Waals surface area contributed by atoms with Crippen molar-refractivity contribution in [2.45, 2.75) is 39.8 Å². The lowest BCUT2D eigenvalue weighted by molar-refractivity contribution is -0.885. The van der Waals surface area contributed by atoms with Crippen LogP contribution in [0.3, 0.4) is 0 Å². The molecule has 3 rings (SSSR count). The minimum absolute atomic E-state index is 0.0346. The third kappa shape index (κ3) is 4.80. The van der Waals surface area contributed by atoms with Crippen LogP contribution >= 0.6 is 0 Å². The maximum absolute atomic E-state index is 12.4. The van der Waals surface area contributed by atoms with Gasteiger partial charge in [0.25, 0.3) is 5.91 Å². The molecule has 0 bridgehead atoms. The number of hydrogen-bond donors (Lipinski definition) is 2. The molecule has 0 radical (unpaired) electrons. The topological polar surface area (TPSA) is 85.5 Å². The van der Waals surface area contributed by atoms with E-state index in [1.807, 2.05) is 56.8 Å². The number of rotatable bonds is 6. The highest BCUT2D eigenvalue weighted by atomic mass is 32.2. The standard InChI is InChI=1S/C20H28N4O3S/c1-14-6-5-7-17(10-14)21-20(25)12-23(4)11-19-15(2)22-24(16(19)3)18-8-9-28(26,27)13-18/h5-7,10,18H,8-9,11-13H2,1-4H3,(H,21,25)/p+1/t18-/m0/s1. The summed E-state index contributed by atoms with van der Waals surface area (Å²) in [5.74, 6) is 0.360. The molecule has 0 spiro atoms. The molecule has 2 atom stereocenters. The Labute approximate surface area is 166 Å². The van der Waals surface area contributed by atoms with E-state index in [2.05, 4.69) is 10.4 Å². The fourth-order valence-corrected chi connectivity index (χ4v) is 5.53. The minimum Gasteiger partial charge on any atom is -0.326 e. The molecule has 8 heteroatoms. The van der Waals surface area contributed by atoms with Crippen LogP contribution in [0.1, 0.15) is 35.0 Å². The first-order valence-electron chi connectivity index (χ1n) is 9.57. The first-order chi connectivity index (χ1) is 13.1. The number of aryl methyl sites for hydroxylation is 2. The normalized spacial score (nSPS) is 19.5. The van der Waals surface area contributed by atoms with Crippen molar-refractivity contribution < 1.29 is 18.1 Å². The van der Waals surface area contributed by atoms with Gasteiger partial charge < -0.3 is 10.2 Å². The Morgan fingerprint density at radius 3 is 2.71 bits per heavy atom. The second-order valence-electron chi connectivity index (χ2n) is 7.88. The van der Waals surface area contributed by atoms with Crippen LogP contribution in [0.25, 0.3) is 0 Å². The number of anilines is 1. The average Bonchev–Trinajstić information content (AvgIpc) is 3.08. The van der Waals surface area contributed by atoms with Gasteiger partial charge in [0.1, 0.15) is 6.54 Å². The smallest absolute Gasteiger partial charge is 0.279 e. The van der Waals surface area contributed by atoms with Crippen LogP contribution in [0.4, 0.5) is 5.69 Å². The SMILES string of the molecule is Cc1cccc(NC(=O)C[NH+](C)Cc2c(C)nn([C@H]3CCS(=O)(=O)C3)c2C)c1. The van der Waals surface area contributed by atoms with E-state index in [0.29, 0.717) is 19.5 Å². The quantitative estimate of drug-likeness (QED) is 0.745. The van der Waals surface area contributed by atoms with Gasteiger partial charge in [-0.25, -0.2) is 8.42 Å². The summed E-state index contributed by atoms with van der Waals surface area (Å²) in [6, 6.07) is 7.66. The first kappa shape index (κ1) is 20.5. The zero-order valence-electron chi connectivity index (χ0n) is 16.9. The Bertz CT molecular complexity index is 981. The van der Waals surface area contributed by atoms with Gasteiger partial charge in [-0.2, -0.15) is 5.10 Å². The summed E-state index contributed by atoms with van der Waals surface area (Å²) in [5, 5.41) is 7.55. The number of carbonyl (C=O) groups is 1. The summed E-state index contributed by atoms with van der Waals surface area (Å²) in [7, 11) is -0.977. The molecule has 7 nitrogen and oxygen atoms in total. The van der Waals surface area contributed by atoms with E-state index in [-0.39, 0.29) is 23.5 Å². The van der Waals surface area contributed by atoms with Crippen LogP contribution in [0.15, 0.2) is 24.3 Å². The van der Waals surface area contributed by atoms with Gasteiger partial charge in [0.15, 0.2) is 16.4 Å². The number of benzene rings is 1. The molecule has 1 unspecified atom stereocenters. The van der Waals surface area contributed by atoms with E-state index in [9.17, 15) is 13.2 Å². The zero-order chi connectivity index (χ0) is 20.5. The molecule has 1 aliphatic heterocycles. The van der Waals surface area contributed by atoms with Crippen molar-refractivity contribution in [3.05, 3.63) is 46.8 Å². The Morgan fingerprint density at radius 2 is 2.07 bits per heavy atom. The zero-order valence-corrected chi connectivity index (χ0v) is 17.8. The Kier molecular flexibility index (Phi) is 5.90. The molecule has 0 saturated carbocycles. The minimum atomic E-state index is -2.95. The molecule has 1 aromatic carbocycles. The summed E-state index contributed by atoms with van der Waals surface area (Å²) < 4.78 is 25.5. The van der Waals surface area contributed by atoms with E-state index in [1.54, 1.807) is 0 Å². The molecule has 1 amide bonds. The summed E-state index contributed by atoms with van der Waals surface area (Å²) in [5.41, 5.74) is 4.90. The molecule has 28 heavy (non-hydrogen) atoms. The lowest BCUT2D eigenvalue weighted by Crippen LogP contribution is -3.08. The molecular formula is C20H29N4O3S+. The molecule has 1 fully saturated rings. The van der Waals surface area contributed by atoms with Crippen molar-refractivity contribution >= 4 is 21.4 Å². The summed E-state index contributed by atoms with van der Waals surface area (Å²) in [6.07, 6.45) is 0.616. The summed E-state index contributed by atoms with van der Waals surface area (Å²) in [6.45, 7) is 6.93. The number of aromatic nitrogens is 2. The van der Waals surface area contributed by atoms with Crippen LogP contribution < -0.4 is 10.2 Å². The number of sulfone groups is 1. The molecule has 2 N–H and O–H groups in total. The lowest BCUT2D eigenvalue weighted by atomic mass is 10.1. The molecule has 0 aliphatic carbocycles. The van der Waals surface area contributed by atoms with Crippen LogP contribution in [-0.2, 0) is 21.2 Å². The number of likely N-dealkylation sites (N-methyl/N-ethyl adjacent to an activating group) is 1. The van der Waals surface area contributed by atoms with Gasteiger partial charge in [0, 0.05) is 11.4 Å². The van der Waals surface area contributed by atoms with Crippen LogP contribution in [0.5, 0.6) is 0 Å². The molecule has 2 aromatic rings. The highest BCUT2D eigenvalue weighted by molar-refractivity contribution is 7.91. The van der Waals surface area contributed by atoms with Gasteiger partial charge in [-0.15, -0.1) is 0 Å². The maximum Gasteiger partial charge on any atom is 0.279 e. The van der Waals surface area contributed by atoms with Gasteiger partial charge in [-0.05, 0) is 44.9 Å². The van der Waals surface area contributed by atoms with Crippen molar-refractivity contribution in [1.82, 2.24) is 9.78 Å². The van der Waals surface area contributed by atoms with Crippen molar-refractivity contribution in [2.75, 3.05) is 30.4 Å². The van der Waals surface area contributed by atoms with E-state index in [0.717, 1.165) is 33.1 Å². The Balaban J connectivity index is 1.64. The van der Waals surface area contributed by atoms with Gasteiger partial charge in [0.2, 0.25) is 0 Å². The van der Waals surface area contributed by atoms with Crippen LogP contribution in [0.2, 0.25) is 0 Å². The van der Waals surface area contributed by atoms with Crippen molar-refractivity contribution in [2.24, 2.45) is 0 Å². The number of quaternary nitrogens is 1. The third-order valence-corrected chi connectivity index (χ3v) is 7.02. The predicted octanol–water partition coefficient (Wildman–Crippen LogP) is 0.821. The van der Waals surface area contributed by atoms with Crippen LogP contribution in [-0.4, -0.2) is 49.2 Å². The molecular weight excluding hydrogens is 376 g/mol. The highest BCUT2D eigenvalue weighted by Crippen LogP contribution is 2.26. The predicted molar refractivity (Wildman–Crippen MR) is 109 cm³/mol. The second-order valence-corrected chi connectivity index (χ2v) is 10.1. The first-order valence-corrected chi connectivity index (χ1v) is 11.4. The van der Waals surface area contributed by atoms with Gasteiger partial charge in [0.05, 0.1) is 35.9 Å². The van der Waals surface area contributed by atoms with E-state index >= 15 is 0 Å².